The van der Waals surface area contributed by atoms with Gasteiger partial charge in [-0.15, -0.1) is 5.10 Å². The first-order valence-corrected chi connectivity index (χ1v) is 8.46. The average Bonchev–Trinajstić information content (AvgIpc) is 2.94. The van der Waals surface area contributed by atoms with E-state index in [1.165, 1.54) is 0 Å². The molecule has 0 bridgehead atoms. The van der Waals surface area contributed by atoms with Crippen LogP contribution >= 0.6 is 0 Å². The Kier molecular flexibility index (Phi) is 4.58. The topological polar surface area (TPSA) is 106 Å². The summed E-state index contributed by atoms with van der Waals surface area (Å²) in [7, 11) is -2.90. The summed E-state index contributed by atoms with van der Waals surface area (Å²) in [5, 5.41) is 12.9. The largest absolute Gasteiger partial charge is 0.338 e. The van der Waals surface area contributed by atoms with Gasteiger partial charge in [-0.25, -0.2) is 13.2 Å². The molecule has 0 unspecified atom stereocenters. The van der Waals surface area contributed by atoms with Crippen molar-refractivity contribution in [2.24, 2.45) is 5.92 Å². The molecule has 1 aliphatic heterocycles. The number of carbonyl (C=O) groups is 1. The van der Waals surface area contributed by atoms with Crippen molar-refractivity contribution in [1.29, 1.82) is 0 Å². The number of amides is 2. The molecule has 2 amide bonds. The van der Waals surface area contributed by atoms with Crippen LogP contribution in [0.25, 0.3) is 0 Å². The van der Waals surface area contributed by atoms with Crippen molar-refractivity contribution in [2.45, 2.75) is 26.3 Å². The molecule has 1 atom stereocenters. The Morgan fingerprint density at radius 2 is 2.35 bits per heavy atom. The van der Waals surface area contributed by atoms with Crippen molar-refractivity contribution < 1.29 is 13.2 Å². The van der Waals surface area contributed by atoms with Crippen LogP contribution in [-0.2, 0) is 16.4 Å². The zero-order valence-corrected chi connectivity index (χ0v) is 12.2. The third-order valence-electron chi connectivity index (χ3n) is 3.11. The van der Waals surface area contributed by atoms with Gasteiger partial charge in [-0.3, -0.25) is 10.00 Å². The smallest absolute Gasteiger partial charge is 0.320 e. The summed E-state index contributed by atoms with van der Waals surface area (Å²) in [6.45, 7) is 3.13. The standard InChI is InChI=1S/C11H19N5O3S/c1-2-4-16-7-10(14-15-16)13-11(17)12-6-9-3-5-20(18,19)8-9/h7,9H,2-6,8H2,1H3,(H2,12,13,17)/t9-/m1/s1. The van der Waals surface area contributed by atoms with Crippen LogP contribution in [0.4, 0.5) is 10.6 Å². The lowest BCUT2D eigenvalue weighted by atomic mass is 10.1. The molecule has 20 heavy (non-hydrogen) atoms. The first kappa shape index (κ1) is 14.8. The van der Waals surface area contributed by atoms with Crippen molar-refractivity contribution in [3.63, 3.8) is 0 Å². The summed E-state index contributed by atoms with van der Waals surface area (Å²) in [6.07, 6.45) is 3.20. The predicted molar refractivity (Wildman–Crippen MR) is 74.1 cm³/mol. The molecule has 1 aromatic heterocycles. The normalized spacial score (nSPS) is 20.8. The summed E-state index contributed by atoms with van der Waals surface area (Å²) < 4.78 is 24.2. The van der Waals surface area contributed by atoms with Crippen LogP contribution in [0.2, 0.25) is 0 Å². The molecular formula is C11H19N5O3S. The molecule has 1 saturated heterocycles. The highest BCUT2D eigenvalue weighted by Gasteiger charge is 2.27. The second-order valence-electron chi connectivity index (χ2n) is 4.97. The van der Waals surface area contributed by atoms with Gasteiger partial charge in [0.05, 0.1) is 17.7 Å². The van der Waals surface area contributed by atoms with Gasteiger partial charge in [0, 0.05) is 13.1 Å². The molecule has 2 rings (SSSR count). The maximum Gasteiger partial charge on any atom is 0.320 e. The third kappa shape index (κ3) is 4.19. The molecule has 112 valence electrons. The molecule has 0 saturated carbocycles. The van der Waals surface area contributed by atoms with E-state index in [2.05, 4.69) is 20.9 Å². The van der Waals surface area contributed by atoms with Crippen molar-refractivity contribution >= 4 is 21.7 Å². The van der Waals surface area contributed by atoms with E-state index in [-0.39, 0.29) is 17.4 Å². The minimum absolute atomic E-state index is 0.00141. The molecule has 1 aliphatic rings. The lowest BCUT2D eigenvalue weighted by Gasteiger charge is -2.09. The van der Waals surface area contributed by atoms with Gasteiger partial charge >= 0.3 is 6.03 Å². The van der Waals surface area contributed by atoms with E-state index in [0.29, 0.717) is 18.8 Å². The Hall–Kier alpha value is -1.64. The summed E-state index contributed by atoms with van der Waals surface area (Å²) in [4.78, 5) is 11.6. The SMILES string of the molecule is CCCn1cc(NC(=O)NC[C@H]2CCS(=O)(=O)C2)nn1. The van der Waals surface area contributed by atoms with Gasteiger partial charge in [0.1, 0.15) is 0 Å². The molecule has 2 heterocycles. The van der Waals surface area contributed by atoms with Gasteiger partial charge in [-0.2, -0.15) is 0 Å². The van der Waals surface area contributed by atoms with Crippen LogP contribution in [-0.4, -0.2) is 47.5 Å². The Morgan fingerprint density at radius 1 is 1.55 bits per heavy atom. The van der Waals surface area contributed by atoms with Gasteiger partial charge in [-0.1, -0.05) is 12.1 Å². The maximum absolute atomic E-state index is 11.6. The van der Waals surface area contributed by atoms with E-state index in [1.54, 1.807) is 10.9 Å². The van der Waals surface area contributed by atoms with Crippen molar-refractivity contribution in [1.82, 2.24) is 20.3 Å². The fourth-order valence-corrected chi connectivity index (χ4v) is 3.99. The van der Waals surface area contributed by atoms with E-state index >= 15 is 0 Å². The number of carbonyl (C=O) groups excluding carboxylic acids is 1. The number of nitrogens with zero attached hydrogens (tertiary/aromatic N) is 3. The second kappa shape index (κ2) is 6.21. The maximum atomic E-state index is 11.6. The quantitative estimate of drug-likeness (QED) is 0.810. The van der Waals surface area contributed by atoms with Crippen LogP contribution in [0, 0.1) is 5.92 Å². The zero-order chi connectivity index (χ0) is 14.6. The number of urea groups is 1. The molecule has 0 spiro atoms. The van der Waals surface area contributed by atoms with Crippen LogP contribution in [0.1, 0.15) is 19.8 Å². The second-order valence-corrected chi connectivity index (χ2v) is 7.20. The van der Waals surface area contributed by atoms with Gasteiger partial charge in [0.2, 0.25) is 0 Å². The molecule has 0 radical (unpaired) electrons. The number of rotatable bonds is 5. The van der Waals surface area contributed by atoms with Crippen molar-refractivity contribution in [3.05, 3.63) is 6.20 Å². The number of aryl methyl sites for hydroxylation is 1. The first-order valence-electron chi connectivity index (χ1n) is 6.64. The van der Waals surface area contributed by atoms with E-state index < -0.39 is 15.9 Å². The predicted octanol–water partition coefficient (Wildman–Crippen LogP) is 0.244. The zero-order valence-electron chi connectivity index (χ0n) is 11.4. The third-order valence-corrected chi connectivity index (χ3v) is 4.95. The number of anilines is 1. The molecule has 8 nitrogen and oxygen atoms in total. The number of sulfone groups is 1. The molecule has 1 fully saturated rings. The summed E-state index contributed by atoms with van der Waals surface area (Å²) >= 11 is 0. The van der Waals surface area contributed by atoms with Crippen LogP contribution in [0.5, 0.6) is 0 Å². The first-order chi connectivity index (χ1) is 9.48. The molecule has 1 aromatic rings. The Morgan fingerprint density at radius 3 is 3.00 bits per heavy atom. The Balaban J connectivity index is 1.75. The van der Waals surface area contributed by atoms with E-state index in [9.17, 15) is 13.2 Å². The Labute approximate surface area is 117 Å². The van der Waals surface area contributed by atoms with E-state index in [0.717, 1.165) is 13.0 Å². The number of aromatic nitrogens is 3. The van der Waals surface area contributed by atoms with Gasteiger partial charge in [0.25, 0.3) is 0 Å². The highest BCUT2D eigenvalue weighted by molar-refractivity contribution is 7.91. The monoisotopic (exact) mass is 301 g/mol. The number of nitrogens with one attached hydrogen (secondary N) is 2. The fourth-order valence-electron chi connectivity index (χ4n) is 2.12. The van der Waals surface area contributed by atoms with Gasteiger partial charge in [-0.05, 0) is 18.8 Å². The molecule has 2 N–H and O–H groups in total. The lowest BCUT2D eigenvalue weighted by Crippen LogP contribution is -2.33. The van der Waals surface area contributed by atoms with Crippen LogP contribution in [0.3, 0.4) is 0 Å². The van der Waals surface area contributed by atoms with Gasteiger partial charge in [0.15, 0.2) is 15.7 Å². The molecule has 0 aliphatic carbocycles. The fraction of sp³-hybridized carbons (Fsp3) is 0.727. The molecule has 9 heteroatoms. The summed E-state index contributed by atoms with van der Waals surface area (Å²) in [5.74, 6) is 0.753. The van der Waals surface area contributed by atoms with Gasteiger partial charge < -0.3 is 5.32 Å². The van der Waals surface area contributed by atoms with Crippen molar-refractivity contribution in [2.75, 3.05) is 23.4 Å². The number of hydrogen-bond donors (Lipinski definition) is 2. The highest BCUT2D eigenvalue weighted by Crippen LogP contribution is 2.17. The molecule has 0 aromatic carbocycles. The van der Waals surface area contributed by atoms with Crippen LogP contribution in [0.15, 0.2) is 6.20 Å². The lowest BCUT2D eigenvalue weighted by molar-refractivity contribution is 0.250. The van der Waals surface area contributed by atoms with Crippen molar-refractivity contribution in [3.8, 4) is 0 Å². The molecular weight excluding hydrogens is 282 g/mol. The highest BCUT2D eigenvalue weighted by atomic mass is 32.2. The summed E-state index contributed by atoms with van der Waals surface area (Å²) in [6, 6.07) is -0.391. The average molecular weight is 301 g/mol. The minimum Gasteiger partial charge on any atom is -0.338 e. The van der Waals surface area contributed by atoms with E-state index in [4.69, 9.17) is 0 Å². The van der Waals surface area contributed by atoms with E-state index in [1.807, 2.05) is 6.92 Å². The van der Waals surface area contributed by atoms with Crippen LogP contribution < -0.4 is 10.6 Å². The Bertz CT molecular complexity index is 568. The number of hydrogen-bond acceptors (Lipinski definition) is 5. The summed E-state index contributed by atoms with van der Waals surface area (Å²) in [5.41, 5.74) is 0. The minimum atomic E-state index is -2.90.